The Morgan fingerprint density at radius 1 is 1.15 bits per heavy atom. The van der Waals surface area contributed by atoms with Crippen molar-refractivity contribution >= 4 is 11.8 Å². The van der Waals surface area contributed by atoms with Gasteiger partial charge in [-0.25, -0.2) is 0 Å². The van der Waals surface area contributed by atoms with E-state index in [1.165, 1.54) is 32.0 Å². The van der Waals surface area contributed by atoms with Gasteiger partial charge in [0.1, 0.15) is 5.75 Å². The summed E-state index contributed by atoms with van der Waals surface area (Å²) in [7, 11) is 0. The van der Waals surface area contributed by atoms with Crippen molar-refractivity contribution in [3.8, 4) is 5.75 Å². The zero-order chi connectivity index (χ0) is 15.5. The normalized spacial score (nSPS) is 14.4. The molecule has 2 atom stereocenters. The molecular formula is C13H13F3O4. The molecule has 0 amide bonds. The highest BCUT2D eigenvalue weighted by molar-refractivity contribution is 6.01. The zero-order valence-electron chi connectivity index (χ0n) is 10.8. The van der Waals surface area contributed by atoms with Gasteiger partial charge in [-0.1, -0.05) is 26.0 Å². The molecule has 1 aromatic carbocycles. The fourth-order valence-electron chi connectivity index (χ4n) is 1.57. The highest BCUT2D eigenvalue weighted by atomic mass is 19.4. The summed E-state index contributed by atoms with van der Waals surface area (Å²) in [4.78, 5) is 22.9. The monoisotopic (exact) mass is 290 g/mol. The summed E-state index contributed by atoms with van der Waals surface area (Å²) in [6.45, 7) is 2.67. The molecule has 110 valence electrons. The number of halogens is 3. The Balaban J connectivity index is 3.07. The first-order chi connectivity index (χ1) is 9.13. The Hall–Kier alpha value is -2.05. The molecule has 0 radical (unpaired) electrons. The summed E-state index contributed by atoms with van der Waals surface area (Å²) in [5.41, 5.74) is -0.287. The summed E-state index contributed by atoms with van der Waals surface area (Å²) in [6, 6.07) is 4.87. The van der Waals surface area contributed by atoms with Crippen LogP contribution in [0.1, 0.15) is 24.2 Å². The number of aliphatic carboxylic acids is 1. The van der Waals surface area contributed by atoms with Gasteiger partial charge < -0.3 is 9.84 Å². The summed E-state index contributed by atoms with van der Waals surface area (Å²) in [5.74, 6) is -4.51. The lowest BCUT2D eigenvalue weighted by Crippen LogP contribution is -2.26. The van der Waals surface area contributed by atoms with Crippen LogP contribution in [0.2, 0.25) is 0 Å². The number of ketones is 1. The molecule has 0 aliphatic heterocycles. The second-order valence-electron chi connectivity index (χ2n) is 4.32. The molecule has 0 heterocycles. The van der Waals surface area contributed by atoms with Crippen LogP contribution in [0.3, 0.4) is 0 Å². The van der Waals surface area contributed by atoms with Crippen LogP contribution in [0.5, 0.6) is 5.75 Å². The van der Waals surface area contributed by atoms with E-state index in [9.17, 15) is 22.8 Å². The Labute approximate surface area is 113 Å². The van der Waals surface area contributed by atoms with Crippen molar-refractivity contribution in [3.05, 3.63) is 29.8 Å². The molecule has 0 spiro atoms. The van der Waals surface area contributed by atoms with Gasteiger partial charge in [0.15, 0.2) is 5.78 Å². The number of carboxylic acids is 1. The van der Waals surface area contributed by atoms with Gasteiger partial charge in [0.2, 0.25) is 0 Å². The predicted octanol–water partition coefficient (Wildman–Crippen LogP) is 3.12. The number of hydrogen-bond acceptors (Lipinski definition) is 3. The van der Waals surface area contributed by atoms with Gasteiger partial charge in [0, 0.05) is 5.92 Å². The number of benzene rings is 1. The number of carboxylic acid groups (broad SMARTS) is 1. The Kier molecular flexibility index (Phi) is 4.75. The third kappa shape index (κ3) is 3.97. The lowest BCUT2D eigenvalue weighted by molar-refractivity contribution is -0.274. The van der Waals surface area contributed by atoms with E-state index in [4.69, 9.17) is 5.11 Å². The summed E-state index contributed by atoms with van der Waals surface area (Å²) in [5, 5.41) is 8.84. The lowest BCUT2D eigenvalue weighted by atomic mass is 9.88. The smallest absolute Gasteiger partial charge is 0.481 e. The third-order valence-corrected chi connectivity index (χ3v) is 2.93. The minimum Gasteiger partial charge on any atom is -0.481 e. The maximum atomic E-state index is 12.2. The third-order valence-electron chi connectivity index (χ3n) is 2.93. The number of carbonyl (C=O) groups excluding carboxylic acids is 1. The number of alkyl halides is 3. The van der Waals surface area contributed by atoms with Gasteiger partial charge >= 0.3 is 12.3 Å². The van der Waals surface area contributed by atoms with Crippen LogP contribution in [0, 0.1) is 11.8 Å². The van der Waals surface area contributed by atoms with Gasteiger partial charge in [-0.15, -0.1) is 13.2 Å². The maximum absolute atomic E-state index is 12.2. The average molecular weight is 290 g/mol. The van der Waals surface area contributed by atoms with E-state index in [-0.39, 0.29) is 5.56 Å². The number of ether oxygens (including phenoxy) is 1. The molecule has 0 fully saturated rings. The first-order valence-corrected chi connectivity index (χ1v) is 5.75. The highest BCUT2D eigenvalue weighted by Crippen LogP contribution is 2.29. The minimum atomic E-state index is -4.92. The van der Waals surface area contributed by atoms with E-state index in [0.29, 0.717) is 0 Å². The molecule has 20 heavy (non-hydrogen) atoms. The van der Waals surface area contributed by atoms with E-state index in [1.54, 1.807) is 0 Å². The fraction of sp³-hybridized carbons (Fsp3) is 0.385. The average Bonchev–Trinajstić information content (AvgIpc) is 2.34. The standard InChI is InChI=1S/C13H13F3O4/c1-7(8(2)12(18)19)11(17)9-5-3-4-6-10(9)20-13(14,15)16/h3-8H,1-2H3,(H,18,19). The minimum absolute atomic E-state index is 0.287. The molecule has 2 unspecified atom stereocenters. The van der Waals surface area contributed by atoms with E-state index in [1.807, 2.05) is 0 Å². The van der Waals surface area contributed by atoms with Gasteiger partial charge in [-0.2, -0.15) is 0 Å². The van der Waals surface area contributed by atoms with Crippen molar-refractivity contribution in [3.63, 3.8) is 0 Å². The number of para-hydroxylation sites is 1. The molecule has 0 aliphatic carbocycles. The molecule has 0 aromatic heterocycles. The fourth-order valence-corrected chi connectivity index (χ4v) is 1.57. The van der Waals surface area contributed by atoms with Gasteiger partial charge in [-0.3, -0.25) is 9.59 Å². The molecular weight excluding hydrogens is 277 g/mol. The second kappa shape index (κ2) is 5.94. The topological polar surface area (TPSA) is 63.6 Å². The van der Waals surface area contributed by atoms with Crippen LogP contribution in [0.15, 0.2) is 24.3 Å². The van der Waals surface area contributed by atoms with Gasteiger partial charge in [-0.05, 0) is 12.1 Å². The van der Waals surface area contributed by atoms with E-state index < -0.39 is 35.7 Å². The Bertz CT molecular complexity index is 511. The first-order valence-electron chi connectivity index (χ1n) is 5.75. The van der Waals surface area contributed by atoms with E-state index in [0.717, 1.165) is 6.07 Å². The van der Waals surface area contributed by atoms with Crippen molar-refractivity contribution in [1.82, 2.24) is 0 Å². The summed E-state index contributed by atoms with van der Waals surface area (Å²) in [6.07, 6.45) is -4.92. The van der Waals surface area contributed by atoms with E-state index in [2.05, 4.69) is 4.74 Å². The number of carbonyl (C=O) groups is 2. The molecule has 1 N–H and O–H groups in total. The largest absolute Gasteiger partial charge is 0.573 e. The second-order valence-corrected chi connectivity index (χ2v) is 4.32. The molecule has 7 heteroatoms. The van der Waals surface area contributed by atoms with Crippen LogP contribution in [-0.4, -0.2) is 23.2 Å². The summed E-state index contributed by atoms with van der Waals surface area (Å²) < 4.78 is 40.5. The van der Waals surface area contributed by atoms with Crippen LogP contribution in [0.4, 0.5) is 13.2 Å². The number of hydrogen-bond donors (Lipinski definition) is 1. The highest BCUT2D eigenvalue weighted by Gasteiger charge is 2.34. The van der Waals surface area contributed by atoms with Gasteiger partial charge in [0.25, 0.3) is 0 Å². The molecule has 1 rings (SSSR count). The maximum Gasteiger partial charge on any atom is 0.573 e. The van der Waals surface area contributed by atoms with Crippen molar-refractivity contribution in [2.24, 2.45) is 11.8 Å². The molecule has 1 aromatic rings. The summed E-state index contributed by atoms with van der Waals surface area (Å²) >= 11 is 0. The van der Waals surface area contributed by atoms with Crippen LogP contribution >= 0.6 is 0 Å². The number of rotatable bonds is 5. The molecule has 0 bridgehead atoms. The van der Waals surface area contributed by atoms with Crippen molar-refractivity contribution in [2.45, 2.75) is 20.2 Å². The molecule has 0 saturated heterocycles. The molecule has 0 saturated carbocycles. The first kappa shape index (κ1) is 16.0. The van der Waals surface area contributed by atoms with Gasteiger partial charge in [0.05, 0.1) is 11.5 Å². The van der Waals surface area contributed by atoms with Crippen molar-refractivity contribution in [1.29, 1.82) is 0 Å². The Morgan fingerprint density at radius 2 is 1.70 bits per heavy atom. The van der Waals surface area contributed by atoms with Crippen LogP contribution in [-0.2, 0) is 4.79 Å². The van der Waals surface area contributed by atoms with Crippen molar-refractivity contribution in [2.75, 3.05) is 0 Å². The van der Waals surface area contributed by atoms with Crippen LogP contribution in [0.25, 0.3) is 0 Å². The van der Waals surface area contributed by atoms with Crippen molar-refractivity contribution < 1.29 is 32.6 Å². The quantitative estimate of drug-likeness (QED) is 0.846. The predicted molar refractivity (Wildman–Crippen MR) is 63.4 cm³/mol. The number of Topliss-reactive ketones (excluding diaryl/α,β-unsaturated/α-hetero) is 1. The van der Waals surface area contributed by atoms with E-state index >= 15 is 0 Å². The SMILES string of the molecule is CC(C(=O)O)C(C)C(=O)c1ccccc1OC(F)(F)F. The molecule has 0 aliphatic rings. The lowest BCUT2D eigenvalue weighted by Gasteiger charge is -2.17. The zero-order valence-corrected chi connectivity index (χ0v) is 10.8. The van der Waals surface area contributed by atoms with Crippen LogP contribution < -0.4 is 4.74 Å². The Morgan fingerprint density at radius 3 is 2.20 bits per heavy atom. The molecule has 4 nitrogen and oxygen atoms in total.